The molecule has 1 fully saturated rings. The first-order valence-electron chi connectivity index (χ1n) is 7.11. The van der Waals surface area contributed by atoms with Crippen LogP contribution in [0.3, 0.4) is 0 Å². The molecule has 0 unspecified atom stereocenters. The van der Waals surface area contributed by atoms with Crippen molar-refractivity contribution in [1.82, 2.24) is 10.8 Å². The molecule has 0 bridgehead atoms. The maximum atomic E-state index is 11.6. The van der Waals surface area contributed by atoms with Crippen LogP contribution in [0.2, 0.25) is 0 Å². The molecule has 6 nitrogen and oxygen atoms in total. The molecule has 1 aliphatic carbocycles. The zero-order chi connectivity index (χ0) is 14.9. The molecular weight excluding hydrogens is 272 g/mol. The molecule has 116 valence electrons. The molecule has 0 aromatic heterocycles. The number of carbonyl (C=O) groups is 1. The van der Waals surface area contributed by atoms with E-state index < -0.39 is 0 Å². The van der Waals surface area contributed by atoms with E-state index in [1.54, 1.807) is 7.11 Å². The Morgan fingerprint density at radius 3 is 2.67 bits per heavy atom. The summed E-state index contributed by atoms with van der Waals surface area (Å²) in [5.74, 6) is 0. The fourth-order valence-corrected chi connectivity index (χ4v) is 2.07. The Balaban J connectivity index is 1.52. The molecule has 1 aliphatic rings. The second-order valence-electron chi connectivity index (χ2n) is 5.03. The Hall–Kier alpha value is -1.63. The van der Waals surface area contributed by atoms with Crippen molar-refractivity contribution in [1.29, 1.82) is 0 Å². The second-order valence-corrected chi connectivity index (χ2v) is 5.03. The largest absolute Gasteiger partial charge is 0.445 e. The molecule has 6 heteroatoms. The van der Waals surface area contributed by atoms with Crippen LogP contribution in [-0.4, -0.2) is 38.5 Å². The third-order valence-electron chi connectivity index (χ3n) is 3.31. The summed E-state index contributed by atoms with van der Waals surface area (Å²) in [5, 5.41) is 2.84. The predicted molar refractivity (Wildman–Crippen MR) is 77.5 cm³/mol. The zero-order valence-electron chi connectivity index (χ0n) is 12.2. The van der Waals surface area contributed by atoms with E-state index in [2.05, 4.69) is 10.8 Å². The predicted octanol–water partition coefficient (Wildman–Crippen LogP) is 1.61. The van der Waals surface area contributed by atoms with E-state index in [0.717, 1.165) is 18.4 Å². The van der Waals surface area contributed by atoms with Gasteiger partial charge in [-0.2, -0.15) is 5.48 Å². The van der Waals surface area contributed by atoms with Crippen LogP contribution in [0.15, 0.2) is 30.3 Å². The molecule has 1 aromatic rings. The lowest BCUT2D eigenvalue weighted by Crippen LogP contribution is -2.52. The quantitative estimate of drug-likeness (QED) is 0.563. The van der Waals surface area contributed by atoms with E-state index in [9.17, 15) is 4.79 Å². The van der Waals surface area contributed by atoms with Crippen molar-refractivity contribution in [3.8, 4) is 0 Å². The van der Waals surface area contributed by atoms with Crippen LogP contribution in [0.5, 0.6) is 0 Å². The lowest BCUT2D eigenvalue weighted by Gasteiger charge is -2.35. The number of hydrogen-bond donors (Lipinski definition) is 2. The van der Waals surface area contributed by atoms with Gasteiger partial charge in [-0.3, -0.25) is 4.84 Å². The van der Waals surface area contributed by atoms with Crippen molar-refractivity contribution < 1.29 is 19.1 Å². The third-order valence-corrected chi connectivity index (χ3v) is 3.31. The molecule has 0 aliphatic heterocycles. The zero-order valence-corrected chi connectivity index (χ0v) is 12.2. The number of ether oxygens (including phenoxy) is 2. The fourth-order valence-electron chi connectivity index (χ4n) is 2.07. The Kier molecular flexibility index (Phi) is 6.46. The molecule has 0 saturated heterocycles. The second kappa shape index (κ2) is 8.61. The average molecular weight is 294 g/mol. The molecule has 0 radical (unpaired) electrons. The highest BCUT2D eigenvalue weighted by molar-refractivity contribution is 5.67. The van der Waals surface area contributed by atoms with Gasteiger partial charge < -0.3 is 14.8 Å². The lowest BCUT2D eigenvalue weighted by molar-refractivity contribution is -0.0323. The van der Waals surface area contributed by atoms with E-state index in [4.69, 9.17) is 14.3 Å². The van der Waals surface area contributed by atoms with Gasteiger partial charge in [0, 0.05) is 19.2 Å². The van der Waals surface area contributed by atoms with E-state index in [1.807, 2.05) is 30.3 Å². The van der Waals surface area contributed by atoms with E-state index >= 15 is 0 Å². The average Bonchev–Trinajstić information content (AvgIpc) is 2.47. The van der Waals surface area contributed by atoms with Gasteiger partial charge >= 0.3 is 6.09 Å². The molecule has 1 saturated carbocycles. The molecule has 2 N–H and O–H groups in total. The number of hydroxylamine groups is 1. The molecule has 0 heterocycles. The molecule has 2 rings (SSSR count). The molecule has 1 aromatic carbocycles. The van der Waals surface area contributed by atoms with Gasteiger partial charge in [-0.1, -0.05) is 30.3 Å². The molecule has 1 amide bonds. The van der Waals surface area contributed by atoms with Crippen LogP contribution in [0.25, 0.3) is 0 Å². The summed E-state index contributed by atoms with van der Waals surface area (Å²) in [6.07, 6.45) is 1.31. The van der Waals surface area contributed by atoms with Gasteiger partial charge in [0.25, 0.3) is 0 Å². The maximum absolute atomic E-state index is 11.6. The maximum Gasteiger partial charge on any atom is 0.407 e. The molecule has 0 spiro atoms. The summed E-state index contributed by atoms with van der Waals surface area (Å²) < 4.78 is 10.0. The standard InChI is InChI=1S/C15H22N2O4/c1-19-7-8-21-17-14-9-13(10-14)16-15(18)20-11-12-5-3-2-4-6-12/h2-6,13-14,17H,7-11H2,1H3,(H,16,18). The van der Waals surface area contributed by atoms with Gasteiger partial charge in [0.2, 0.25) is 0 Å². The summed E-state index contributed by atoms with van der Waals surface area (Å²) in [6.45, 7) is 1.37. The normalized spacial score (nSPS) is 20.6. The number of nitrogens with one attached hydrogen (secondary N) is 2. The highest BCUT2D eigenvalue weighted by atomic mass is 16.7. The van der Waals surface area contributed by atoms with Crippen LogP contribution < -0.4 is 10.8 Å². The monoisotopic (exact) mass is 294 g/mol. The topological polar surface area (TPSA) is 68.8 Å². The van der Waals surface area contributed by atoms with Gasteiger partial charge in [0.1, 0.15) is 6.61 Å². The number of carbonyl (C=O) groups excluding carboxylic acids is 1. The molecule has 21 heavy (non-hydrogen) atoms. The lowest BCUT2D eigenvalue weighted by atomic mass is 9.88. The minimum Gasteiger partial charge on any atom is -0.445 e. The van der Waals surface area contributed by atoms with E-state index in [-0.39, 0.29) is 18.2 Å². The highest BCUT2D eigenvalue weighted by Crippen LogP contribution is 2.20. The first-order chi connectivity index (χ1) is 10.3. The third kappa shape index (κ3) is 5.71. The van der Waals surface area contributed by atoms with Crippen molar-refractivity contribution in [2.75, 3.05) is 20.3 Å². The fraction of sp³-hybridized carbons (Fsp3) is 0.533. The van der Waals surface area contributed by atoms with Gasteiger partial charge in [-0.25, -0.2) is 4.79 Å². The van der Waals surface area contributed by atoms with Crippen LogP contribution in [0.4, 0.5) is 4.79 Å². The Labute approximate surface area is 124 Å². The van der Waals surface area contributed by atoms with Gasteiger partial charge in [-0.05, 0) is 18.4 Å². The van der Waals surface area contributed by atoms with Gasteiger partial charge in [-0.15, -0.1) is 0 Å². The smallest absolute Gasteiger partial charge is 0.407 e. The number of methoxy groups -OCH3 is 1. The molecule has 0 atom stereocenters. The number of hydrogen-bond acceptors (Lipinski definition) is 5. The van der Waals surface area contributed by atoms with Crippen LogP contribution >= 0.6 is 0 Å². The van der Waals surface area contributed by atoms with Crippen LogP contribution in [-0.2, 0) is 20.9 Å². The van der Waals surface area contributed by atoms with Crippen LogP contribution in [0, 0.1) is 0 Å². The number of alkyl carbamates (subject to hydrolysis) is 1. The van der Waals surface area contributed by atoms with Gasteiger partial charge in [0.15, 0.2) is 0 Å². The van der Waals surface area contributed by atoms with Crippen molar-refractivity contribution in [3.63, 3.8) is 0 Å². The van der Waals surface area contributed by atoms with Crippen molar-refractivity contribution in [2.24, 2.45) is 0 Å². The summed E-state index contributed by atoms with van der Waals surface area (Å²) in [4.78, 5) is 16.8. The first kappa shape index (κ1) is 15.8. The van der Waals surface area contributed by atoms with Crippen LogP contribution in [0.1, 0.15) is 18.4 Å². The number of benzene rings is 1. The van der Waals surface area contributed by atoms with Crippen molar-refractivity contribution in [2.45, 2.75) is 31.5 Å². The Morgan fingerprint density at radius 2 is 1.95 bits per heavy atom. The molecular formula is C15H22N2O4. The van der Waals surface area contributed by atoms with E-state index in [1.165, 1.54) is 0 Å². The summed E-state index contributed by atoms with van der Waals surface area (Å²) in [6, 6.07) is 10.0. The first-order valence-corrected chi connectivity index (χ1v) is 7.11. The SMILES string of the molecule is COCCONC1CC(NC(=O)OCc2ccccc2)C1. The van der Waals surface area contributed by atoms with Crippen molar-refractivity contribution in [3.05, 3.63) is 35.9 Å². The summed E-state index contributed by atoms with van der Waals surface area (Å²) in [7, 11) is 1.63. The minimum atomic E-state index is -0.373. The highest BCUT2D eigenvalue weighted by Gasteiger charge is 2.30. The number of amides is 1. The van der Waals surface area contributed by atoms with E-state index in [0.29, 0.717) is 19.8 Å². The minimum absolute atomic E-state index is 0.150. The van der Waals surface area contributed by atoms with Crippen molar-refractivity contribution >= 4 is 6.09 Å². The Morgan fingerprint density at radius 1 is 1.19 bits per heavy atom. The summed E-state index contributed by atoms with van der Waals surface area (Å²) in [5.41, 5.74) is 3.92. The Bertz CT molecular complexity index is 421. The number of rotatable bonds is 8. The van der Waals surface area contributed by atoms with Gasteiger partial charge in [0.05, 0.1) is 13.2 Å². The summed E-state index contributed by atoms with van der Waals surface area (Å²) >= 11 is 0.